The number of aliphatic hydroxyl groups excluding tert-OH is 6. The number of rotatable bonds is 3. The van der Waals surface area contributed by atoms with Crippen molar-refractivity contribution in [1.82, 2.24) is 0 Å². The molecule has 0 aromatic carbocycles. The van der Waals surface area contributed by atoms with Gasteiger partial charge in [-0.05, 0) is 11.6 Å². The Bertz CT molecular complexity index is 490. The predicted molar refractivity (Wildman–Crippen MR) is 75.9 cm³/mol. The third-order valence-corrected chi connectivity index (χ3v) is 4.95. The van der Waals surface area contributed by atoms with Gasteiger partial charge < -0.3 is 40.1 Å². The van der Waals surface area contributed by atoms with Crippen LogP contribution in [0.3, 0.4) is 0 Å². The Morgan fingerprint density at radius 3 is 2.35 bits per heavy atom. The minimum absolute atomic E-state index is 0.274. The van der Waals surface area contributed by atoms with Crippen LogP contribution in [0.5, 0.6) is 0 Å². The molecule has 1 aliphatic carbocycles. The van der Waals surface area contributed by atoms with Crippen LogP contribution in [0.25, 0.3) is 0 Å². The van der Waals surface area contributed by atoms with Gasteiger partial charge in [0.25, 0.3) is 0 Å². The van der Waals surface area contributed by atoms with Gasteiger partial charge >= 0.3 is 0 Å². The quantitative estimate of drug-likeness (QED) is 0.307. The minimum atomic E-state index is -1.49. The van der Waals surface area contributed by atoms with Crippen LogP contribution in [0.15, 0.2) is 24.0 Å². The van der Waals surface area contributed by atoms with E-state index in [1.54, 1.807) is 12.2 Å². The lowest BCUT2D eigenvalue weighted by atomic mass is 9.78. The van der Waals surface area contributed by atoms with E-state index in [-0.39, 0.29) is 12.5 Å². The summed E-state index contributed by atoms with van der Waals surface area (Å²) in [4.78, 5) is 0. The first-order chi connectivity index (χ1) is 11.0. The van der Waals surface area contributed by atoms with Gasteiger partial charge in [0.1, 0.15) is 36.6 Å². The molecule has 3 aliphatic rings. The molecule has 0 bridgehead atoms. The Labute approximate surface area is 132 Å². The molecule has 0 radical (unpaired) electrons. The van der Waals surface area contributed by atoms with Gasteiger partial charge in [-0.1, -0.05) is 6.08 Å². The molecular weight excluding hydrogens is 308 g/mol. The second kappa shape index (κ2) is 6.48. The summed E-state index contributed by atoms with van der Waals surface area (Å²) in [6, 6.07) is 0. The van der Waals surface area contributed by atoms with Gasteiger partial charge in [0.15, 0.2) is 0 Å². The van der Waals surface area contributed by atoms with Crippen molar-refractivity contribution in [2.24, 2.45) is 11.8 Å². The van der Waals surface area contributed by atoms with Crippen LogP contribution in [0, 0.1) is 11.8 Å². The zero-order chi connectivity index (χ0) is 16.7. The summed E-state index contributed by atoms with van der Waals surface area (Å²) in [7, 11) is 0. The molecular formula is C15H22O8. The highest BCUT2D eigenvalue weighted by molar-refractivity contribution is 5.27. The van der Waals surface area contributed by atoms with Crippen molar-refractivity contribution in [3.8, 4) is 0 Å². The van der Waals surface area contributed by atoms with Crippen LogP contribution in [-0.2, 0) is 9.47 Å². The maximum Gasteiger partial charge on any atom is 0.134 e. The Kier molecular flexibility index (Phi) is 4.75. The number of hydrogen-bond donors (Lipinski definition) is 6. The summed E-state index contributed by atoms with van der Waals surface area (Å²) < 4.78 is 11.1. The van der Waals surface area contributed by atoms with Gasteiger partial charge in [0, 0.05) is 11.8 Å². The molecule has 1 fully saturated rings. The van der Waals surface area contributed by atoms with Gasteiger partial charge in [-0.2, -0.15) is 0 Å². The molecule has 1 saturated heterocycles. The van der Waals surface area contributed by atoms with Crippen molar-refractivity contribution in [3.05, 3.63) is 24.0 Å². The van der Waals surface area contributed by atoms with E-state index in [0.717, 1.165) is 0 Å². The lowest BCUT2D eigenvalue weighted by molar-refractivity contribution is -0.255. The average Bonchev–Trinajstić information content (AvgIpc) is 2.90. The van der Waals surface area contributed by atoms with Crippen molar-refractivity contribution in [3.63, 3.8) is 0 Å². The van der Waals surface area contributed by atoms with E-state index in [9.17, 15) is 30.6 Å². The van der Waals surface area contributed by atoms with Gasteiger partial charge in [-0.3, -0.25) is 0 Å². The summed E-state index contributed by atoms with van der Waals surface area (Å²) >= 11 is 0. The summed E-state index contributed by atoms with van der Waals surface area (Å²) in [6.07, 6.45) is -3.35. The van der Waals surface area contributed by atoms with E-state index in [2.05, 4.69) is 0 Å². The molecule has 0 saturated carbocycles. The summed E-state index contributed by atoms with van der Waals surface area (Å²) in [5, 5.41) is 58.9. The summed E-state index contributed by atoms with van der Waals surface area (Å²) in [6.45, 7) is -0.799. The molecule has 0 unspecified atom stereocenters. The van der Waals surface area contributed by atoms with Crippen molar-refractivity contribution >= 4 is 0 Å². The number of ether oxygens (including phenoxy) is 2. The lowest BCUT2D eigenvalue weighted by Crippen LogP contribution is -2.63. The second-order valence-electron chi connectivity index (χ2n) is 6.22. The molecule has 3 rings (SSSR count). The van der Waals surface area contributed by atoms with Crippen molar-refractivity contribution < 1.29 is 40.1 Å². The minimum Gasteiger partial charge on any atom is -0.495 e. The first kappa shape index (κ1) is 16.8. The fourth-order valence-electron chi connectivity index (χ4n) is 3.72. The zero-order valence-electron chi connectivity index (χ0n) is 12.3. The molecule has 130 valence electrons. The van der Waals surface area contributed by atoms with Gasteiger partial charge in [-0.15, -0.1) is 0 Å². The largest absolute Gasteiger partial charge is 0.495 e. The van der Waals surface area contributed by atoms with Gasteiger partial charge in [-0.25, -0.2) is 0 Å². The highest BCUT2D eigenvalue weighted by Gasteiger charge is 2.53. The molecule has 9 atom stereocenters. The van der Waals surface area contributed by atoms with Gasteiger partial charge in [0.05, 0.1) is 25.6 Å². The molecule has 0 spiro atoms. The molecule has 2 heterocycles. The Morgan fingerprint density at radius 1 is 0.957 bits per heavy atom. The molecule has 8 nitrogen and oxygen atoms in total. The molecule has 0 aromatic heterocycles. The van der Waals surface area contributed by atoms with Crippen LogP contribution >= 0.6 is 0 Å². The topological polar surface area (TPSA) is 140 Å². The normalized spacial score (nSPS) is 49.5. The molecule has 2 aliphatic heterocycles. The van der Waals surface area contributed by atoms with E-state index in [1.807, 2.05) is 0 Å². The van der Waals surface area contributed by atoms with Crippen molar-refractivity contribution in [1.29, 1.82) is 0 Å². The van der Waals surface area contributed by atoms with E-state index in [4.69, 9.17) is 9.47 Å². The van der Waals surface area contributed by atoms with Crippen LogP contribution in [0.2, 0.25) is 0 Å². The first-order valence-electron chi connectivity index (χ1n) is 7.61. The maximum absolute atomic E-state index is 10.3. The third kappa shape index (κ3) is 2.70. The highest BCUT2D eigenvalue weighted by atomic mass is 16.6. The lowest BCUT2D eigenvalue weighted by Gasteiger charge is -2.46. The van der Waals surface area contributed by atoms with E-state index < -0.39 is 55.3 Å². The Hall–Kier alpha value is -1.00. The van der Waals surface area contributed by atoms with Crippen LogP contribution in [-0.4, -0.2) is 86.6 Å². The second-order valence-corrected chi connectivity index (χ2v) is 6.22. The summed E-state index contributed by atoms with van der Waals surface area (Å²) in [5.41, 5.74) is 0.564. The standard InChI is InChI=1S/C15H22O8/c16-4-6-3-8(18)7-1-2-22-14(10(6)7)15-13(21)12(20)11(19)9(5-17)23-15/h1-3,7-21H,4-5H2/t7-,8+,9-,10-,11+,12+,13+,14+,15-/m0/s1. The number of hydrogen-bond acceptors (Lipinski definition) is 8. The maximum atomic E-state index is 10.3. The van der Waals surface area contributed by atoms with Crippen LogP contribution in [0.1, 0.15) is 0 Å². The molecule has 0 aromatic rings. The molecule has 0 amide bonds. The van der Waals surface area contributed by atoms with Crippen molar-refractivity contribution in [2.75, 3.05) is 13.2 Å². The van der Waals surface area contributed by atoms with Crippen LogP contribution < -0.4 is 0 Å². The van der Waals surface area contributed by atoms with Crippen molar-refractivity contribution in [2.45, 2.75) is 42.7 Å². The monoisotopic (exact) mass is 330 g/mol. The number of fused-ring (bicyclic) bond motifs is 1. The molecule has 8 heteroatoms. The van der Waals surface area contributed by atoms with Crippen LogP contribution in [0.4, 0.5) is 0 Å². The fraction of sp³-hybridized carbons (Fsp3) is 0.733. The fourth-order valence-corrected chi connectivity index (χ4v) is 3.72. The first-order valence-corrected chi connectivity index (χ1v) is 7.61. The SMILES string of the molecule is OCC1=C[C@@H](O)[C@@H]2C=CO[C@@H]([C@H]3O[C@@H](CO)[C@@H](O)[C@@H](O)[C@H]3O)[C@@H]12. The summed E-state index contributed by atoms with van der Waals surface area (Å²) in [5.74, 6) is -0.760. The zero-order valence-corrected chi connectivity index (χ0v) is 12.3. The Balaban J connectivity index is 1.88. The number of aliphatic hydroxyl groups is 6. The van der Waals surface area contributed by atoms with Gasteiger partial charge in [0.2, 0.25) is 0 Å². The van der Waals surface area contributed by atoms with E-state index in [0.29, 0.717) is 5.57 Å². The average molecular weight is 330 g/mol. The third-order valence-electron chi connectivity index (χ3n) is 4.95. The Morgan fingerprint density at radius 2 is 1.70 bits per heavy atom. The predicted octanol–water partition coefficient (Wildman–Crippen LogP) is -2.73. The molecule has 6 N–H and O–H groups in total. The van der Waals surface area contributed by atoms with E-state index >= 15 is 0 Å². The molecule has 23 heavy (non-hydrogen) atoms. The highest BCUT2D eigenvalue weighted by Crippen LogP contribution is 2.42. The van der Waals surface area contributed by atoms with E-state index in [1.165, 1.54) is 6.26 Å². The smallest absolute Gasteiger partial charge is 0.134 e.